The fraction of sp³-hybridized carbons (Fsp3) is 0.0385. The number of nitrogens with zero attached hydrogens (tertiary/aromatic N) is 3. The molecular weight excluding hydrogens is 415 g/mol. The van der Waals surface area contributed by atoms with Crippen LogP contribution >= 0.6 is 0 Å². The summed E-state index contributed by atoms with van der Waals surface area (Å²) in [6, 6.07) is 10.5. The largest absolute Gasteiger partial charge is 0.397 e. The normalized spacial score (nSPS) is 12.5. The molecule has 6 nitrogen and oxygen atoms in total. The lowest BCUT2D eigenvalue weighted by Gasteiger charge is -2.03. The Kier molecular flexibility index (Phi) is 5.06. The Bertz CT molecular complexity index is 1630. The smallest absolute Gasteiger partial charge is 0.131 e. The molecule has 4 heterocycles. The molecule has 0 saturated carbocycles. The number of fused-ring (bicyclic) bond motifs is 1. The van der Waals surface area contributed by atoms with E-state index in [9.17, 15) is 4.39 Å². The van der Waals surface area contributed by atoms with Gasteiger partial charge in [0.05, 0.1) is 28.4 Å². The highest BCUT2D eigenvalue weighted by atomic mass is 19.1. The minimum Gasteiger partial charge on any atom is -0.397 e. The van der Waals surface area contributed by atoms with E-state index < -0.39 is 0 Å². The molecule has 0 spiro atoms. The molecule has 0 fully saturated rings. The molecule has 0 aliphatic rings. The van der Waals surface area contributed by atoms with Gasteiger partial charge >= 0.3 is 0 Å². The summed E-state index contributed by atoms with van der Waals surface area (Å²) >= 11 is 0. The number of allylic oxidation sites excluding steroid dienone is 1. The van der Waals surface area contributed by atoms with Crippen LogP contribution in [-0.2, 0) is 0 Å². The molecule has 0 atom stereocenters. The first-order chi connectivity index (χ1) is 16.0. The summed E-state index contributed by atoms with van der Waals surface area (Å²) in [4.78, 5) is 11.8. The van der Waals surface area contributed by atoms with Crippen LogP contribution in [0.5, 0.6) is 0 Å². The number of halogens is 1. The maximum atomic E-state index is 14.5. The van der Waals surface area contributed by atoms with Crippen LogP contribution in [0.3, 0.4) is 0 Å². The van der Waals surface area contributed by atoms with Gasteiger partial charge < -0.3 is 10.7 Å². The van der Waals surface area contributed by atoms with Crippen LogP contribution in [0, 0.1) is 5.82 Å². The van der Waals surface area contributed by atoms with E-state index in [0.29, 0.717) is 16.8 Å². The molecule has 7 heteroatoms. The second-order valence-corrected chi connectivity index (χ2v) is 7.68. The van der Waals surface area contributed by atoms with E-state index in [0.717, 1.165) is 44.0 Å². The minimum absolute atomic E-state index is 0.293. The average Bonchev–Trinajstić information content (AvgIpc) is 3.43. The lowest BCUT2D eigenvalue weighted by atomic mass is 10.0. The number of H-pyrrole nitrogens is 2. The Morgan fingerprint density at radius 2 is 1.88 bits per heavy atom. The molecule has 4 aromatic heterocycles. The molecule has 4 N–H and O–H groups in total. The van der Waals surface area contributed by atoms with Gasteiger partial charge in [0.2, 0.25) is 0 Å². The third-order valence-corrected chi connectivity index (χ3v) is 5.54. The fourth-order valence-corrected chi connectivity index (χ4v) is 3.90. The number of aromatic amines is 2. The summed E-state index contributed by atoms with van der Waals surface area (Å²) in [6.07, 6.45) is 10.6. The van der Waals surface area contributed by atoms with E-state index in [2.05, 4.69) is 31.7 Å². The Morgan fingerprint density at radius 3 is 2.67 bits per heavy atom. The van der Waals surface area contributed by atoms with Crippen LogP contribution in [-0.4, -0.2) is 25.1 Å². The number of hydrogen-bond donors (Lipinski definition) is 3. The van der Waals surface area contributed by atoms with E-state index >= 15 is 0 Å². The highest BCUT2D eigenvalue weighted by Crippen LogP contribution is 2.31. The summed E-state index contributed by atoms with van der Waals surface area (Å²) in [6.45, 7) is 6.12. The van der Waals surface area contributed by atoms with Crippen molar-refractivity contribution in [2.45, 2.75) is 6.92 Å². The highest BCUT2D eigenvalue weighted by Gasteiger charge is 2.14. The molecule has 0 aliphatic heterocycles. The van der Waals surface area contributed by atoms with E-state index in [-0.39, 0.29) is 5.82 Å². The Hall–Kier alpha value is -4.52. The van der Waals surface area contributed by atoms with Gasteiger partial charge in [-0.25, -0.2) is 4.39 Å². The highest BCUT2D eigenvalue weighted by molar-refractivity contribution is 5.97. The van der Waals surface area contributed by atoms with Crippen molar-refractivity contribution in [3.05, 3.63) is 89.7 Å². The molecule has 5 rings (SSSR count). The van der Waals surface area contributed by atoms with Gasteiger partial charge in [0.25, 0.3) is 0 Å². The van der Waals surface area contributed by atoms with Gasteiger partial charge in [-0.2, -0.15) is 5.10 Å². The SMILES string of the molecule is C=C(/C=c1/c(-c2cc3c(-c4ccccc4F)cncc3[nH]2)n[nH]/c1=C/C)c1cncc(N)c1. The fourth-order valence-electron chi connectivity index (χ4n) is 3.90. The second kappa shape index (κ2) is 8.20. The van der Waals surface area contributed by atoms with Crippen molar-refractivity contribution in [3.63, 3.8) is 0 Å². The molecule has 0 amide bonds. The first-order valence-electron chi connectivity index (χ1n) is 10.4. The summed E-state index contributed by atoms with van der Waals surface area (Å²) in [5.41, 5.74) is 11.5. The maximum absolute atomic E-state index is 14.5. The molecule has 33 heavy (non-hydrogen) atoms. The molecule has 0 unspecified atom stereocenters. The van der Waals surface area contributed by atoms with Gasteiger partial charge in [0.1, 0.15) is 11.5 Å². The van der Waals surface area contributed by atoms with E-state index in [1.54, 1.807) is 36.9 Å². The topological polar surface area (TPSA) is 96.3 Å². The lowest BCUT2D eigenvalue weighted by Crippen LogP contribution is -2.23. The molecule has 1 aromatic carbocycles. The molecule has 0 aliphatic carbocycles. The molecule has 0 saturated heterocycles. The number of nitrogens with one attached hydrogen (secondary N) is 2. The molecule has 0 bridgehead atoms. The van der Waals surface area contributed by atoms with E-state index in [4.69, 9.17) is 5.73 Å². The Morgan fingerprint density at radius 1 is 1.06 bits per heavy atom. The van der Waals surface area contributed by atoms with Crippen molar-refractivity contribution >= 4 is 34.3 Å². The standard InChI is InChI=1S/C26H21FN6/c1-3-23-20(8-15(2)16-9-17(28)12-29-11-16)26(33-32-23)24-10-19-21(13-30-14-25(19)31-24)18-6-4-5-7-22(18)27/h3-14,31-32H,2,28H2,1H3/b20-8+,23-3+. The molecule has 162 valence electrons. The number of anilines is 1. The summed E-state index contributed by atoms with van der Waals surface area (Å²) < 4.78 is 14.5. The monoisotopic (exact) mass is 436 g/mol. The van der Waals surface area contributed by atoms with Crippen LogP contribution in [0.2, 0.25) is 0 Å². The zero-order valence-electron chi connectivity index (χ0n) is 17.9. The zero-order valence-corrected chi connectivity index (χ0v) is 17.9. The van der Waals surface area contributed by atoms with E-state index in [1.807, 2.05) is 37.3 Å². The van der Waals surface area contributed by atoms with Gasteiger partial charge in [0, 0.05) is 45.9 Å². The van der Waals surface area contributed by atoms with Crippen molar-refractivity contribution in [1.29, 1.82) is 0 Å². The van der Waals surface area contributed by atoms with Crippen molar-refractivity contribution in [3.8, 4) is 22.5 Å². The van der Waals surface area contributed by atoms with E-state index in [1.165, 1.54) is 6.07 Å². The van der Waals surface area contributed by atoms with Crippen molar-refractivity contribution < 1.29 is 4.39 Å². The van der Waals surface area contributed by atoms with Crippen molar-refractivity contribution in [2.24, 2.45) is 0 Å². The van der Waals surface area contributed by atoms with Crippen LogP contribution < -0.4 is 16.3 Å². The predicted molar refractivity (Wildman–Crippen MR) is 131 cm³/mol. The van der Waals surface area contributed by atoms with Crippen LogP contribution in [0.1, 0.15) is 12.5 Å². The van der Waals surface area contributed by atoms with Crippen molar-refractivity contribution in [2.75, 3.05) is 5.73 Å². The third kappa shape index (κ3) is 3.70. The number of nitrogen functional groups attached to an aromatic ring is 1. The van der Waals surface area contributed by atoms with Crippen molar-refractivity contribution in [1.82, 2.24) is 25.1 Å². The van der Waals surface area contributed by atoms with Crippen LogP contribution in [0.4, 0.5) is 10.1 Å². The number of pyridine rings is 2. The number of hydrogen-bond acceptors (Lipinski definition) is 4. The molecule has 0 radical (unpaired) electrons. The third-order valence-electron chi connectivity index (χ3n) is 5.54. The number of benzene rings is 1. The van der Waals surface area contributed by atoms with Gasteiger partial charge in [-0.05, 0) is 36.8 Å². The summed E-state index contributed by atoms with van der Waals surface area (Å²) in [7, 11) is 0. The van der Waals surface area contributed by atoms with Crippen LogP contribution in [0.25, 0.3) is 51.1 Å². The minimum atomic E-state index is -0.293. The Balaban J connectivity index is 1.68. The number of aromatic nitrogens is 5. The second-order valence-electron chi connectivity index (χ2n) is 7.68. The maximum Gasteiger partial charge on any atom is 0.131 e. The quantitative estimate of drug-likeness (QED) is 0.396. The van der Waals surface area contributed by atoms with Gasteiger partial charge in [-0.3, -0.25) is 15.1 Å². The first kappa shape index (κ1) is 20.4. The molecule has 5 aromatic rings. The predicted octanol–water partition coefficient (Wildman–Crippen LogP) is 4.03. The van der Waals surface area contributed by atoms with Crippen LogP contribution in [0.15, 0.2) is 67.8 Å². The lowest BCUT2D eigenvalue weighted by molar-refractivity contribution is 0.631. The average molecular weight is 436 g/mol. The zero-order chi connectivity index (χ0) is 22.9. The first-order valence-corrected chi connectivity index (χ1v) is 10.4. The van der Waals surface area contributed by atoms with Gasteiger partial charge in [-0.1, -0.05) is 30.9 Å². The number of nitrogens with two attached hydrogens (primary N) is 1. The van der Waals surface area contributed by atoms with Gasteiger partial charge in [-0.15, -0.1) is 0 Å². The number of rotatable bonds is 4. The summed E-state index contributed by atoms with van der Waals surface area (Å²) in [5, 5.41) is 10.2. The summed E-state index contributed by atoms with van der Waals surface area (Å²) in [5.74, 6) is -0.293. The Labute approximate surface area is 189 Å². The molecular formula is C26H21FN6. The van der Waals surface area contributed by atoms with Gasteiger partial charge in [0.15, 0.2) is 0 Å².